The molecular weight excluding hydrogens is 440 g/mol. The lowest BCUT2D eigenvalue weighted by Gasteiger charge is -2.14. The Bertz CT molecular complexity index is 1260. The second-order valence-corrected chi connectivity index (χ2v) is 7.56. The van der Waals surface area contributed by atoms with Gasteiger partial charge in [-0.15, -0.1) is 0 Å². The average molecular weight is 469 g/mol. The van der Waals surface area contributed by atoms with Crippen molar-refractivity contribution in [3.63, 3.8) is 0 Å². The molecule has 0 fully saturated rings. The van der Waals surface area contributed by atoms with Crippen LogP contribution in [0.15, 0.2) is 52.1 Å². The highest BCUT2D eigenvalue weighted by atomic mass is 16.5. The average Bonchev–Trinajstić information content (AvgIpc) is 2.85. The van der Waals surface area contributed by atoms with E-state index in [2.05, 4.69) is 10.4 Å². The van der Waals surface area contributed by atoms with E-state index in [0.717, 1.165) is 20.4 Å². The van der Waals surface area contributed by atoms with Gasteiger partial charge in [0.1, 0.15) is 0 Å². The summed E-state index contributed by atoms with van der Waals surface area (Å²) in [5.41, 5.74) is 0.249. The molecule has 0 saturated heterocycles. The van der Waals surface area contributed by atoms with Crippen molar-refractivity contribution in [1.29, 1.82) is 0 Å². The monoisotopic (exact) mass is 468 g/mol. The summed E-state index contributed by atoms with van der Waals surface area (Å²) in [6.45, 7) is 2.67. The van der Waals surface area contributed by atoms with Gasteiger partial charge in [0.2, 0.25) is 5.69 Å². The van der Waals surface area contributed by atoms with Crippen LogP contribution in [0.1, 0.15) is 28.0 Å². The second kappa shape index (κ2) is 11.3. The minimum Gasteiger partial charge on any atom is -0.493 e. The Morgan fingerprint density at radius 2 is 1.71 bits per heavy atom. The maximum atomic E-state index is 13.3. The van der Waals surface area contributed by atoms with E-state index in [0.29, 0.717) is 36.8 Å². The predicted octanol–water partition coefficient (Wildman–Crippen LogP) is 1.53. The smallest absolute Gasteiger partial charge is 0.352 e. The number of nitrogens with one attached hydrogen (secondary N) is 1. The van der Waals surface area contributed by atoms with E-state index < -0.39 is 17.2 Å². The molecule has 1 aromatic heterocycles. The molecule has 1 heterocycles. The van der Waals surface area contributed by atoms with Gasteiger partial charge < -0.3 is 19.5 Å². The molecule has 0 aliphatic heterocycles. The van der Waals surface area contributed by atoms with Crippen LogP contribution in [0, 0.1) is 6.92 Å². The lowest BCUT2D eigenvalue weighted by atomic mass is 10.1. The van der Waals surface area contributed by atoms with Gasteiger partial charge in [-0.05, 0) is 31.0 Å². The van der Waals surface area contributed by atoms with Gasteiger partial charge in [-0.25, -0.2) is 4.79 Å². The van der Waals surface area contributed by atoms with Crippen LogP contribution in [-0.4, -0.2) is 54.7 Å². The zero-order valence-electron chi connectivity index (χ0n) is 19.7. The molecule has 0 unspecified atom stereocenters. The molecule has 0 radical (unpaired) electrons. The number of benzene rings is 2. The van der Waals surface area contributed by atoms with Crippen molar-refractivity contribution in [2.75, 3.05) is 34.5 Å². The molecule has 3 aromatic rings. The van der Waals surface area contributed by atoms with Crippen LogP contribution < -0.4 is 26.0 Å². The Kier molecular flexibility index (Phi) is 8.20. The Balaban J connectivity index is 2.12. The number of ether oxygens (including phenoxy) is 3. The van der Waals surface area contributed by atoms with Crippen molar-refractivity contribution in [1.82, 2.24) is 19.7 Å². The molecule has 1 N–H and O–H groups in total. The number of hydrogen-bond donors (Lipinski definition) is 1. The van der Waals surface area contributed by atoms with Crippen molar-refractivity contribution in [3.8, 4) is 17.2 Å². The van der Waals surface area contributed by atoms with E-state index in [1.807, 2.05) is 31.2 Å². The van der Waals surface area contributed by atoms with Gasteiger partial charge in [-0.3, -0.25) is 14.2 Å². The van der Waals surface area contributed by atoms with Crippen LogP contribution in [0.5, 0.6) is 11.5 Å². The summed E-state index contributed by atoms with van der Waals surface area (Å²) in [6, 6.07) is 12.2. The van der Waals surface area contributed by atoms with E-state index in [1.54, 1.807) is 25.3 Å². The second-order valence-electron chi connectivity index (χ2n) is 7.56. The van der Waals surface area contributed by atoms with Crippen molar-refractivity contribution in [3.05, 3.63) is 80.1 Å². The lowest BCUT2D eigenvalue weighted by molar-refractivity contribution is 0.0938. The fourth-order valence-electron chi connectivity index (χ4n) is 3.30. The number of carbonyl (C=O) groups is 1. The quantitative estimate of drug-likeness (QED) is 0.449. The molecule has 34 heavy (non-hydrogen) atoms. The fourth-order valence-corrected chi connectivity index (χ4v) is 3.30. The number of hydrogen-bond acceptors (Lipinski definition) is 7. The van der Waals surface area contributed by atoms with Gasteiger partial charge in [0.05, 0.1) is 26.5 Å². The number of nitrogens with zero attached hydrogens (tertiary/aromatic N) is 3. The standard InChI is InChI=1S/C24H28N4O6/c1-16-6-8-17(9-7-16)15-27-23(30)21(22(29)25-12-5-13-32-2)26-28(24(27)31)18-10-11-19(33-3)20(14-18)34-4/h6-11,14H,5,12-13,15H2,1-4H3,(H,25,29). The first kappa shape index (κ1) is 24.7. The van der Waals surface area contributed by atoms with Crippen molar-refractivity contribution < 1.29 is 19.0 Å². The third-order valence-electron chi connectivity index (χ3n) is 5.16. The first-order chi connectivity index (χ1) is 16.4. The zero-order valence-corrected chi connectivity index (χ0v) is 19.7. The topological polar surface area (TPSA) is 114 Å². The molecule has 10 nitrogen and oxygen atoms in total. The zero-order chi connectivity index (χ0) is 24.7. The molecule has 3 rings (SSSR count). The summed E-state index contributed by atoms with van der Waals surface area (Å²) in [5, 5.41) is 6.78. The Morgan fingerprint density at radius 3 is 2.35 bits per heavy atom. The van der Waals surface area contributed by atoms with E-state index in [-0.39, 0.29) is 12.2 Å². The maximum Gasteiger partial charge on any atom is 0.352 e. The summed E-state index contributed by atoms with van der Waals surface area (Å²) in [6.07, 6.45) is 0.565. The van der Waals surface area contributed by atoms with Gasteiger partial charge in [-0.2, -0.15) is 9.78 Å². The summed E-state index contributed by atoms with van der Waals surface area (Å²) in [7, 11) is 4.52. The number of aromatic nitrogens is 3. The highest BCUT2D eigenvalue weighted by molar-refractivity contribution is 5.91. The van der Waals surface area contributed by atoms with Crippen LogP contribution in [0.3, 0.4) is 0 Å². The summed E-state index contributed by atoms with van der Waals surface area (Å²) in [5.74, 6) is 0.159. The molecule has 0 spiro atoms. The Labute approximate surface area is 196 Å². The summed E-state index contributed by atoms with van der Waals surface area (Å²) >= 11 is 0. The fraction of sp³-hybridized carbons (Fsp3) is 0.333. The van der Waals surface area contributed by atoms with Crippen LogP contribution in [-0.2, 0) is 11.3 Å². The first-order valence-electron chi connectivity index (χ1n) is 10.7. The SMILES string of the molecule is COCCCNC(=O)c1nn(-c2ccc(OC)c(OC)c2)c(=O)n(Cc2ccc(C)cc2)c1=O. The first-order valence-corrected chi connectivity index (χ1v) is 10.7. The maximum absolute atomic E-state index is 13.3. The van der Waals surface area contributed by atoms with Gasteiger partial charge in [0.15, 0.2) is 11.5 Å². The van der Waals surface area contributed by atoms with Crippen LogP contribution >= 0.6 is 0 Å². The molecule has 0 atom stereocenters. The molecule has 10 heteroatoms. The number of aryl methyl sites for hydroxylation is 1. The Hall–Kier alpha value is -3.92. The van der Waals surface area contributed by atoms with Gasteiger partial charge in [0.25, 0.3) is 11.5 Å². The molecule has 0 bridgehead atoms. The van der Waals surface area contributed by atoms with Crippen molar-refractivity contribution >= 4 is 5.91 Å². The lowest BCUT2D eigenvalue weighted by Crippen LogP contribution is -2.46. The van der Waals surface area contributed by atoms with E-state index in [1.165, 1.54) is 14.2 Å². The van der Waals surface area contributed by atoms with E-state index in [9.17, 15) is 14.4 Å². The van der Waals surface area contributed by atoms with Crippen LogP contribution in [0.2, 0.25) is 0 Å². The number of amides is 1. The van der Waals surface area contributed by atoms with Crippen LogP contribution in [0.25, 0.3) is 5.69 Å². The number of methoxy groups -OCH3 is 3. The molecule has 1 amide bonds. The normalized spacial score (nSPS) is 10.7. The van der Waals surface area contributed by atoms with Crippen molar-refractivity contribution in [2.45, 2.75) is 19.9 Å². The molecule has 0 aliphatic carbocycles. The largest absolute Gasteiger partial charge is 0.493 e. The van der Waals surface area contributed by atoms with Crippen molar-refractivity contribution in [2.24, 2.45) is 0 Å². The third-order valence-corrected chi connectivity index (χ3v) is 5.16. The van der Waals surface area contributed by atoms with Crippen LogP contribution in [0.4, 0.5) is 0 Å². The highest BCUT2D eigenvalue weighted by Crippen LogP contribution is 2.28. The number of carbonyl (C=O) groups excluding carboxylic acids is 1. The summed E-state index contributed by atoms with van der Waals surface area (Å²) < 4.78 is 17.6. The molecule has 0 saturated carbocycles. The minimum atomic E-state index is -0.772. The molecule has 0 aliphatic rings. The van der Waals surface area contributed by atoms with Gasteiger partial charge in [0, 0.05) is 26.3 Å². The minimum absolute atomic E-state index is 0.0162. The van der Waals surface area contributed by atoms with Gasteiger partial charge in [-0.1, -0.05) is 29.8 Å². The predicted molar refractivity (Wildman–Crippen MR) is 126 cm³/mol. The van der Waals surface area contributed by atoms with E-state index in [4.69, 9.17) is 14.2 Å². The molecule has 2 aromatic carbocycles. The Morgan fingerprint density at radius 1 is 1.00 bits per heavy atom. The summed E-state index contributed by atoms with van der Waals surface area (Å²) in [4.78, 5) is 39.3. The molecular formula is C24H28N4O6. The molecule has 180 valence electrons. The van der Waals surface area contributed by atoms with E-state index >= 15 is 0 Å². The highest BCUT2D eigenvalue weighted by Gasteiger charge is 2.21. The number of rotatable bonds is 10. The van der Waals surface area contributed by atoms with Gasteiger partial charge >= 0.3 is 5.69 Å². The third kappa shape index (κ3) is 5.52.